The molecule has 22 heavy (non-hydrogen) atoms. The summed E-state index contributed by atoms with van der Waals surface area (Å²) in [4.78, 5) is 27.6. The smallest absolute Gasteiger partial charge is 0.313 e. The predicted molar refractivity (Wildman–Crippen MR) is 83.6 cm³/mol. The third-order valence-corrected chi connectivity index (χ3v) is 3.54. The lowest BCUT2D eigenvalue weighted by molar-refractivity contribution is -0.136. The van der Waals surface area contributed by atoms with E-state index in [1.807, 2.05) is 0 Å². The summed E-state index contributed by atoms with van der Waals surface area (Å²) in [6.45, 7) is 0.474. The molecule has 2 N–H and O–H groups in total. The highest BCUT2D eigenvalue weighted by Gasteiger charge is 2.15. The molecule has 0 atom stereocenters. The fourth-order valence-electron chi connectivity index (χ4n) is 2.38. The van der Waals surface area contributed by atoms with Crippen LogP contribution in [0.4, 0.5) is 5.69 Å². The van der Waals surface area contributed by atoms with Crippen LogP contribution in [0.1, 0.15) is 32.1 Å². The van der Waals surface area contributed by atoms with E-state index in [2.05, 4.69) is 21.7 Å². The van der Waals surface area contributed by atoms with Gasteiger partial charge in [-0.3, -0.25) is 9.59 Å². The third kappa shape index (κ3) is 4.58. The van der Waals surface area contributed by atoms with Crippen LogP contribution >= 0.6 is 0 Å². The number of carbonyl (C=O) groups is 2. The van der Waals surface area contributed by atoms with Crippen molar-refractivity contribution in [3.8, 4) is 5.88 Å². The van der Waals surface area contributed by atoms with Crippen LogP contribution in [0.3, 0.4) is 0 Å². The second-order valence-electron chi connectivity index (χ2n) is 5.13. The number of hydrogen-bond donors (Lipinski definition) is 2. The average molecular weight is 303 g/mol. The van der Waals surface area contributed by atoms with Gasteiger partial charge in [-0.2, -0.15) is 0 Å². The summed E-state index contributed by atoms with van der Waals surface area (Å²) in [7, 11) is 1.45. The Morgan fingerprint density at radius 3 is 2.91 bits per heavy atom. The van der Waals surface area contributed by atoms with Gasteiger partial charge in [-0.1, -0.05) is 11.6 Å². The first-order valence-electron chi connectivity index (χ1n) is 7.47. The van der Waals surface area contributed by atoms with E-state index < -0.39 is 11.8 Å². The number of allylic oxidation sites excluding steroid dienone is 1. The molecule has 1 aromatic heterocycles. The lowest BCUT2D eigenvalue weighted by Gasteiger charge is -2.13. The van der Waals surface area contributed by atoms with Crippen LogP contribution in [-0.2, 0) is 9.59 Å². The third-order valence-electron chi connectivity index (χ3n) is 3.54. The van der Waals surface area contributed by atoms with Gasteiger partial charge in [0.2, 0.25) is 5.88 Å². The van der Waals surface area contributed by atoms with Crippen molar-refractivity contribution < 1.29 is 14.3 Å². The number of nitrogens with zero attached hydrogens (tertiary/aromatic N) is 1. The summed E-state index contributed by atoms with van der Waals surface area (Å²) in [6.07, 6.45) is 9.24. The molecule has 6 heteroatoms. The minimum absolute atomic E-state index is 0.274. The number of aromatic nitrogens is 1. The number of carbonyl (C=O) groups excluding carboxylic acids is 2. The number of methoxy groups -OCH3 is 1. The van der Waals surface area contributed by atoms with Gasteiger partial charge in [-0.25, -0.2) is 4.98 Å². The Kier molecular flexibility index (Phi) is 5.94. The van der Waals surface area contributed by atoms with Gasteiger partial charge in [0.05, 0.1) is 7.11 Å². The molecule has 0 bridgehead atoms. The molecule has 0 aliphatic heterocycles. The Morgan fingerprint density at radius 1 is 1.32 bits per heavy atom. The second kappa shape index (κ2) is 8.17. The molecule has 2 amide bonds. The Morgan fingerprint density at radius 2 is 2.18 bits per heavy atom. The van der Waals surface area contributed by atoms with E-state index in [-0.39, 0.29) is 5.88 Å². The topological polar surface area (TPSA) is 80.3 Å². The lowest BCUT2D eigenvalue weighted by atomic mass is 9.97. The summed E-state index contributed by atoms with van der Waals surface area (Å²) in [5.74, 6) is -1.10. The maximum atomic E-state index is 11.8. The maximum absolute atomic E-state index is 11.8. The molecule has 118 valence electrons. The highest BCUT2D eigenvalue weighted by molar-refractivity contribution is 6.39. The molecule has 1 aromatic rings. The van der Waals surface area contributed by atoms with Crippen molar-refractivity contribution in [3.63, 3.8) is 0 Å². The zero-order chi connectivity index (χ0) is 15.8. The molecule has 1 aliphatic carbocycles. The first-order chi connectivity index (χ1) is 10.7. The summed E-state index contributed by atoms with van der Waals surface area (Å²) in [5, 5.41) is 5.13. The van der Waals surface area contributed by atoms with Crippen molar-refractivity contribution in [2.45, 2.75) is 32.1 Å². The molecule has 1 aliphatic rings. The number of nitrogens with one attached hydrogen (secondary N) is 2. The molecule has 0 aromatic carbocycles. The number of pyridine rings is 1. The van der Waals surface area contributed by atoms with Gasteiger partial charge >= 0.3 is 11.8 Å². The molecule has 0 unspecified atom stereocenters. The van der Waals surface area contributed by atoms with E-state index in [0.717, 1.165) is 19.3 Å². The van der Waals surface area contributed by atoms with E-state index in [0.29, 0.717) is 12.2 Å². The number of amides is 2. The van der Waals surface area contributed by atoms with Crippen molar-refractivity contribution in [2.75, 3.05) is 19.0 Å². The molecular weight excluding hydrogens is 282 g/mol. The van der Waals surface area contributed by atoms with Gasteiger partial charge in [-0.15, -0.1) is 0 Å². The van der Waals surface area contributed by atoms with Crippen molar-refractivity contribution in [3.05, 3.63) is 30.0 Å². The van der Waals surface area contributed by atoms with Gasteiger partial charge in [0.25, 0.3) is 0 Å². The van der Waals surface area contributed by atoms with Crippen molar-refractivity contribution in [1.29, 1.82) is 0 Å². The van der Waals surface area contributed by atoms with Crippen LogP contribution in [0.15, 0.2) is 30.0 Å². The second-order valence-corrected chi connectivity index (χ2v) is 5.13. The van der Waals surface area contributed by atoms with Gasteiger partial charge in [0, 0.05) is 12.7 Å². The highest BCUT2D eigenvalue weighted by atomic mass is 16.5. The molecule has 0 saturated heterocycles. The van der Waals surface area contributed by atoms with Crippen LogP contribution in [0.2, 0.25) is 0 Å². The van der Waals surface area contributed by atoms with Crippen molar-refractivity contribution >= 4 is 17.5 Å². The molecular formula is C16H21N3O3. The van der Waals surface area contributed by atoms with E-state index in [9.17, 15) is 9.59 Å². The minimum Gasteiger partial charge on any atom is -0.480 e. The number of ether oxygens (including phenoxy) is 1. The van der Waals surface area contributed by atoms with Gasteiger partial charge in [-0.05, 0) is 44.2 Å². The Hall–Kier alpha value is -2.37. The SMILES string of the molecule is COc1ncccc1NC(=O)C(=O)NCCC1=CCCCC1. The largest absolute Gasteiger partial charge is 0.480 e. The molecule has 1 heterocycles. The summed E-state index contributed by atoms with van der Waals surface area (Å²) < 4.78 is 5.02. The molecule has 0 fully saturated rings. The van der Waals surface area contributed by atoms with Crippen molar-refractivity contribution in [1.82, 2.24) is 10.3 Å². The van der Waals surface area contributed by atoms with E-state index in [4.69, 9.17) is 4.74 Å². The molecule has 0 radical (unpaired) electrons. The standard InChI is InChI=1S/C16H21N3O3/c1-22-16-13(8-5-10-18-16)19-15(21)14(20)17-11-9-12-6-3-2-4-7-12/h5-6,8,10H,2-4,7,9,11H2,1H3,(H,17,20)(H,19,21). The van der Waals surface area contributed by atoms with E-state index >= 15 is 0 Å². The summed E-state index contributed by atoms with van der Waals surface area (Å²) >= 11 is 0. The quantitative estimate of drug-likeness (QED) is 0.644. The lowest BCUT2D eigenvalue weighted by Crippen LogP contribution is -2.36. The van der Waals surface area contributed by atoms with E-state index in [1.165, 1.54) is 25.5 Å². The van der Waals surface area contributed by atoms with Crippen LogP contribution in [0.25, 0.3) is 0 Å². The van der Waals surface area contributed by atoms with Crippen LogP contribution < -0.4 is 15.4 Å². The number of rotatable bonds is 5. The van der Waals surface area contributed by atoms with Gasteiger partial charge < -0.3 is 15.4 Å². The maximum Gasteiger partial charge on any atom is 0.313 e. The molecule has 6 nitrogen and oxygen atoms in total. The minimum atomic E-state index is -0.719. The molecule has 0 spiro atoms. The zero-order valence-electron chi connectivity index (χ0n) is 12.7. The first-order valence-corrected chi connectivity index (χ1v) is 7.47. The summed E-state index contributed by atoms with van der Waals surface area (Å²) in [6, 6.07) is 3.29. The summed E-state index contributed by atoms with van der Waals surface area (Å²) in [5.41, 5.74) is 1.74. The predicted octanol–water partition coefficient (Wildman–Crippen LogP) is 2.04. The number of anilines is 1. The Balaban J connectivity index is 1.79. The highest BCUT2D eigenvalue weighted by Crippen LogP contribution is 2.20. The molecule has 2 rings (SSSR count). The van der Waals surface area contributed by atoms with Gasteiger partial charge in [0.15, 0.2) is 0 Å². The molecule has 0 saturated carbocycles. The zero-order valence-corrected chi connectivity index (χ0v) is 12.7. The van der Waals surface area contributed by atoms with Crippen molar-refractivity contribution in [2.24, 2.45) is 0 Å². The normalized spacial score (nSPS) is 14.0. The fraction of sp³-hybridized carbons (Fsp3) is 0.438. The average Bonchev–Trinajstić information content (AvgIpc) is 2.56. The van der Waals surface area contributed by atoms with Gasteiger partial charge in [0.1, 0.15) is 5.69 Å². The van der Waals surface area contributed by atoms with E-state index in [1.54, 1.807) is 18.3 Å². The van der Waals surface area contributed by atoms with Crippen LogP contribution in [-0.4, -0.2) is 30.5 Å². The van der Waals surface area contributed by atoms with Crippen LogP contribution in [0, 0.1) is 0 Å². The Bertz CT molecular complexity index is 570. The van der Waals surface area contributed by atoms with Crippen LogP contribution in [0.5, 0.6) is 5.88 Å². The Labute approximate surface area is 130 Å². The first kappa shape index (κ1) is 16.0. The monoisotopic (exact) mass is 303 g/mol. The fourth-order valence-corrected chi connectivity index (χ4v) is 2.38. The number of hydrogen-bond acceptors (Lipinski definition) is 4.